The summed E-state index contributed by atoms with van der Waals surface area (Å²) < 4.78 is 36.6. The molecule has 1 aliphatic heterocycles. The van der Waals surface area contributed by atoms with Gasteiger partial charge in [0.25, 0.3) is 5.91 Å². The van der Waals surface area contributed by atoms with Gasteiger partial charge in [-0.25, -0.2) is 8.42 Å². The monoisotopic (exact) mass is 418 g/mol. The van der Waals surface area contributed by atoms with Gasteiger partial charge >= 0.3 is 0 Å². The van der Waals surface area contributed by atoms with Crippen molar-refractivity contribution >= 4 is 27.3 Å². The van der Waals surface area contributed by atoms with E-state index in [1.807, 2.05) is 20.8 Å². The maximum absolute atomic E-state index is 12.7. The fourth-order valence-electron chi connectivity index (χ4n) is 3.58. The van der Waals surface area contributed by atoms with Crippen LogP contribution in [0.5, 0.6) is 11.5 Å². The van der Waals surface area contributed by atoms with Gasteiger partial charge in [-0.1, -0.05) is 0 Å². The number of anilines is 2. The van der Waals surface area contributed by atoms with Crippen molar-refractivity contribution in [2.75, 3.05) is 29.1 Å². The van der Waals surface area contributed by atoms with Crippen LogP contribution in [0.15, 0.2) is 36.4 Å². The highest BCUT2D eigenvalue weighted by Gasteiger charge is 2.32. The van der Waals surface area contributed by atoms with E-state index in [1.165, 1.54) is 10.6 Å². The summed E-state index contributed by atoms with van der Waals surface area (Å²) in [5.74, 6) is 0.920. The Bertz CT molecular complexity index is 1020. The molecule has 0 radical (unpaired) electrons. The van der Waals surface area contributed by atoms with E-state index in [1.54, 1.807) is 36.4 Å². The second kappa shape index (κ2) is 8.32. The SMILES string of the molecule is CCOc1ccc(NC(=O)c2ccc3c(c2)CC(C)N3S(C)(=O)=O)cc1OCC. The Hall–Kier alpha value is -2.74. The molecule has 8 heteroatoms. The van der Waals surface area contributed by atoms with Crippen LogP contribution in [0.3, 0.4) is 0 Å². The van der Waals surface area contributed by atoms with Crippen molar-refractivity contribution in [1.29, 1.82) is 0 Å². The molecule has 0 saturated heterocycles. The van der Waals surface area contributed by atoms with Crippen LogP contribution < -0.4 is 19.1 Å². The van der Waals surface area contributed by atoms with Gasteiger partial charge in [0.1, 0.15) is 0 Å². The van der Waals surface area contributed by atoms with E-state index in [0.717, 1.165) is 5.56 Å². The fraction of sp³-hybridized carbons (Fsp3) is 0.381. The molecule has 2 aromatic rings. The van der Waals surface area contributed by atoms with Gasteiger partial charge in [0, 0.05) is 23.4 Å². The molecule has 0 spiro atoms. The minimum absolute atomic E-state index is 0.168. The molecule has 2 aromatic carbocycles. The van der Waals surface area contributed by atoms with Gasteiger partial charge < -0.3 is 14.8 Å². The number of ether oxygens (including phenoxy) is 2. The Morgan fingerprint density at radius 1 is 1.10 bits per heavy atom. The molecule has 1 N–H and O–H groups in total. The van der Waals surface area contributed by atoms with Gasteiger partial charge in [0.15, 0.2) is 11.5 Å². The minimum Gasteiger partial charge on any atom is -0.490 e. The van der Waals surface area contributed by atoms with Crippen LogP contribution in [-0.4, -0.2) is 39.8 Å². The van der Waals surface area contributed by atoms with Crippen molar-refractivity contribution in [3.05, 3.63) is 47.5 Å². The Kier molecular flexibility index (Phi) is 6.02. The van der Waals surface area contributed by atoms with Gasteiger partial charge in [0.05, 0.1) is 25.2 Å². The highest BCUT2D eigenvalue weighted by molar-refractivity contribution is 7.92. The van der Waals surface area contributed by atoms with E-state index >= 15 is 0 Å². The summed E-state index contributed by atoms with van der Waals surface area (Å²) in [6, 6.07) is 10.2. The van der Waals surface area contributed by atoms with Gasteiger partial charge in [0.2, 0.25) is 10.0 Å². The third kappa shape index (κ3) is 4.48. The lowest BCUT2D eigenvalue weighted by Crippen LogP contribution is -2.34. The van der Waals surface area contributed by atoms with Crippen molar-refractivity contribution in [1.82, 2.24) is 0 Å². The predicted octanol–water partition coefficient (Wildman–Crippen LogP) is 3.45. The second-order valence-corrected chi connectivity index (χ2v) is 8.80. The molecule has 0 saturated carbocycles. The molecule has 1 heterocycles. The molecule has 0 fully saturated rings. The van der Waals surface area contributed by atoms with Crippen molar-refractivity contribution in [3.8, 4) is 11.5 Å². The van der Waals surface area contributed by atoms with Gasteiger partial charge in [-0.2, -0.15) is 0 Å². The number of nitrogens with one attached hydrogen (secondary N) is 1. The zero-order valence-electron chi connectivity index (χ0n) is 17.1. The van der Waals surface area contributed by atoms with Crippen LogP contribution >= 0.6 is 0 Å². The molecular weight excluding hydrogens is 392 g/mol. The van der Waals surface area contributed by atoms with Crippen LogP contribution in [0.4, 0.5) is 11.4 Å². The van der Waals surface area contributed by atoms with Crippen molar-refractivity contribution < 1.29 is 22.7 Å². The molecule has 0 aromatic heterocycles. The number of hydrogen-bond donors (Lipinski definition) is 1. The van der Waals surface area contributed by atoms with Gasteiger partial charge in [-0.3, -0.25) is 9.10 Å². The first kappa shape index (κ1) is 21.0. The molecule has 0 bridgehead atoms. The van der Waals surface area contributed by atoms with Crippen molar-refractivity contribution in [3.63, 3.8) is 0 Å². The first-order valence-electron chi connectivity index (χ1n) is 9.58. The Balaban J connectivity index is 1.82. The molecule has 156 valence electrons. The second-order valence-electron chi connectivity index (χ2n) is 6.94. The first-order chi connectivity index (χ1) is 13.7. The molecule has 29 heavy (non-hydrogen) atoms. The quantitative estimate of drug-likeness (QED) is 0.744. The molecular formula is C21H26N2O5S. The summed E-state index contributed by atoms with van der Waals surface area (Å²) in [5, 5.41) is 2.86. The fourth-order valence-corrected chi connectivity index (χ4v) is 4.85. The average Bonchev–Trinajstić information content (AvgIpc) is 2.99. The number of carbonyl (C=O) groups is 1. The number of fused-ring (bicyclic) bond motifs is 1. The van der Waals surface area contributed by atoms with E-state index in [2.05, 4.69) is 5.32 Å². The third-order valence-corrected chi connectivity index (χ3v) is 5.92. The highest BCUT2D eigenvalue weighted by Crippen LogP contribution is 2.35. The van der Waals surface area contributed by atoms with E-state index in [0.29, 0.717) is 48.1 Å². The molecule has 0 aliphatic carbocycles. The molecule has 7 nitrogen and oxygen atoms in total. The number of rotatable bonds is 7. The van der Waals surface area contributed by atoms with Crippen LogP contribution in [-0.2, 0) is 16.4 Å². The molecule has 3 rings (SSSR count). The standard InChI is InChI=1S/C21H26N2O5S/c1-5-27-19-10-8-17(13-20(19)28-6-2)22-21(24)15-7-9-18-16(12-15)11-14(3)23(18)29(4,25)26/h7-10,12-14H,5-6,11H2,1-4H3,(H,22,24). The molecule has 1 aliphatic rings. The maximum Gasteiger partial charge on any atom is 0.255 e. The van der Waals surface area contributed by atoms with Crippen molar-refractivity contribution in [2.24, 2.45) is 0 Å². The van der Waals surface area contributed by atoms with E-state index in [4.69, 9.17) is 9.47 Å². The lowest BCUT2D eigenvalue weighted by atomic mass is 10.1. The summed E-state index contributed by atoms with van der Waals surface area (Å²) in [5.41, 5.74) is 2.54. The molecule has 1 amide bonds. The summed E-state index contributed by atoms with van der Waals surface area (Å²) in [4.78, 5) is 12.7. The Morgan fingerprint density at radius 3 is 2.45 bits per heavy atom. The summed E-state index contributed by atoms with van der Waals surface area (Å²) in [6.45, 7) is 6.63. The maximum atomic E-state index is 12.7. The van der Waals surface area contributed by atoms with E-state index < -0.39 is 10.0 Å². The Morgan fingerprint density at radius 2 is 1.79 bits per heavy atom. The van der Waals surface area contributed by atoms with Crippen LogP contribution in [0.25, 0.3) is 0 Å². The molecule has 1 atom stereocenters. The summed E-state index contributed by atoms with van der Waals surface area (Å²) in [7, 11) is -3.36. The van der Waals surface area contributed by atoms with E-state index in [-0.39, 0.29) is 11.9 Å². The Labute approximate surface area is 171 Å². The first-order valence-corrected chi connectivity index (χ1v) is 11.4. The third-order valence-electron chi connectivity index (χ3n) is 4.65. The summed E-state index contributed by atoms with van der Waals surface area (Å²) in [6.07, 6.45) is 1.77. The lowest BCUT2D eigenvalue weighted by molar-refractivity contribution is 0.102. The number of amides is 1. The number of nitrogens with zero attached hydrogens (tertiary/aromatic N) is 1. The zero-order chi connectivity index (χ0) is 21.2. The average molecular weight is 419 g/mol. The largest absolute Gasteiger partial charge is 0.490 e. The van der Waals surface area contributed by atoms with Crippen LogP contribution in [0.1, 0.15) is 36.7 Å². The number of carbonyl (C=O) groups excluding carboxylic acids is 1. The highest BCUT2D eigenvalue weighted by atomic mass is 32.2. The predicted molar refractivity (Wildman–Crippen MR) is 114 cm³/mol. The number of sulfonamides is 1. The van der Waals surface area contributed by atoms with Crippen LogP contribution in [0.2, 0.25) is 0 Å². The number of hydrogen-bond acceptors (Lipinski definition) is 5. The normalized spacial score (nSPS) is 15.7. The van der Waals surface area contributed by atoms with Crippen LogP contribution in [0, 0.1) is 0 Å². The number of benzene rings is 2. The van der Waals surface area contributed by atoms with Gasteiger partial charge in [-0.15, -0.1) is 0 Å². The lowest BCUT2D eigenvalue weighted by Gasteiger charge is -2.21. The summed E-state index contributed by atoms with van der Waals surface area (Å²) >= 11 is 0. The molecule has 1 unspecified atom stereocenters. The topological polar surface area (TPSA) is 84.9 Å². The zero-order valence-corrected chi connectivity index (χ0v) is 17.9. The van der Waals surface area contributed by atoms with Gasteiger partial charge in [-0.05, 0) is 63.1 Å². The smallest absolute Gasteiger partial charge is 0.255 e. The van der Waals surface area contributed by atoms with Crippen molar-refractivity contribution in [2.45, 2.75) is 33.2 Å². The minimum atomic E-state index is -3.36. The van der Waals surface area contributed by atoms with E-state index in [9.17, 15) is 13.2 Å².